The first kappa shape index (κ1) is 24.1. The molecule has 8 heteroatoms. The van der Waals surface area contributed by atoms with Crippen LogP contribution in [0.3, 0.4) is 0 Å². The van der Waals surface area contributed by atoms with Crippen molar-refractivity contribution in [2.45, 2.75) is 58.5 Å². The lowest BCUT2D eigenvalue weighted by atomic mass is 9.84. The van der Waals surface area contributed by atoms with E-state index < -0.39 is 5.82 Å². The number of phenols is 1. The number of anilines is 5. The molecule has 0 spiro atoms. The van der Waals surface area contributed by atoms with E-state index in [9.17, 15) is 14.3 Å². The van der Waals surface area contributed by atoms with Crippen LogP contribution in [0.5, 0.6) is 5.75 Å². The van der Waals surface area contributed by atoms with Crippen LogP contribution in [-0.2, 0) is 6.54 Å². The summed E-state index contributed by atoms with van der Waals surface area (Å²) in [5, 5.41) is 22.8. The van der Waals surface area contributed by atoms with Crippen molar-refractivity contribution < 1.29 is 14.3 Å². The second-order valence-corrected chi connectivity index (χ2v) is 9.85. The Morgan fingerprint density at radius 2 is 1.89 bits per heavy atom. The van der Waals surface area contributed by atoms with Crippen molar-refractivity contribution in [3.8, 4) is 5.75 Å². The van der Waals surface area contributed by atoms with Gasteiger partial charge in [-0.05, 0) is 68.0 Å². The normalized spacial score (nSPS) is 16.2. The predicted octanol–water partition coefficient (Wildman–Crippen LogP) is 6.35. The number of amides is 1. The molecule has 3 aromatic rings. The maximum absolute atomic E-state index is 14.5. The molecular formula is C28H32FN5O2. The fourth-order valence-electron chi connectivity index (χ4n) is 5.10. The molecule has 0 bridgehead atoms. The Morgan fingerprint density at radius 3 is 2.69 bits per heavy atom. The Kier molecular flexibility index (Phi) is 6.78. The molecule has 1 aromatic heterocycles. The standard InChI is InChI=1S/C28H32FN5O2/c1-16-12-20(29)23(14-25(16)35)32-22-10-11-30-27-26(22)28(36)34-24-13-18(8-9-21(24)33-27)15-31-17(2)19-6-4-3-5-7-19/h8-14,17,19,31,35H,3-7,15H2,1-2H3,(H,34,36)(H2,30,32,33). The van der Waals surface area contributed by atoms with Crippen LogP contribution in [0.25, 0.3) is 0 Å². The van der Waals surface area contributed by atoms with Gasteiger partial charge in [-0.1, -0.05) is 25.3 Å². The van der Waals surface area contributed by atoms with Crippen molar-refractivity contribution in [1.29, 1.82) is 0 Å². The molecule has 5 N–H and O–H groups in total. The lowest BCUT2D eigenvalue weighted by molar-refractivity contribution is 0.102. The molecule has 1 saturated carbocycles. The molecule has 188 valence electrons. The third-order valence-corrected chi connectivity index (χ3v) is 7.30. The van der Waals surface area contributed by atoms with Crippen LogP contribution in [0.4, 0.5) is 33.0 Å². The number of carbonyl (C=O) groups is 1. The SMILES string of the molecule is Cc1cc(F)c(Nc2ccnc3c2C(=O)Nc2cc(CNC(C)C4CCCCC4)ccc2N3)cc1O. The lowest BCUT2D eigenvalue weighted by Gasteiger charge is -2.28. The zero-order chi connectivity index (χ0) is 25.2. The second kappa shape index (κ2) is 10.1. The monoisotopic (exact) mass is 489 g/mol. The van der Waals surface area contributed by atoms with Crippen molar-refractivity contribution >= 4 is 34.5 Å². The number of fused-ring (bicyclic) bond motifs is 2. The summed E-state index contributed by atoms with van der Waals surface area (Å²) in [7, 11) is 0. The van der Waals surface area contributed by atoms with Gasteiger partial charge in [0.05, 0.1) is 22.7 Å². The minimum Gasteiger partial charge on any atom is -0.508 e. The number of aromatic nitrogens is 1. The van der Waals surface area contributed by atoms with Crippen LogP contribution >= 0.6 is 0 Å². The van der Waals surface area contributed by atoms with Gasteiger partial charge in [0.15, 0.2) is 0 Å². The zero-order valence-electron chi connectivity index (χ0n) is 20.6. The summed E-state index contributed by atoms with van der Waals surface area (Å²) < 4.78 is 14.5. The molecule has 2 aromatic carbocycles. The molecule has 1 aliphatic carbocycles. The highest BCUT2D eigenvalue weighted by Crippen LogP contribution is 2.36. The largest absolute Gasteiger partial charge is 0.508 e. The number of pyridine rings is 1. The van der Waals surface area contributed by atoms with Crippen molar-refractivity contribution in [3.63, 3.8) is 0 Å². The third kappa shape index (κ3) is 4.99. The Balaban J connectivity index is 1.35. The van der Waals surface area contributed by atoms with Gasteiger partial charge in [0.25, 0.3) is 5.91 Å². The molecule has 0 radical (unpaired) electrons. The fraction of sp³-hybridized carbons (Fsp3) is 0.357. The van der Waals surface area contributed by atoms with Gasteiger partial charge in [0.1, 0.15) is 22.9 Å². The van der Waals surface area contributed by atoms with Crippen LogP contribution in [0, 0.1) is 18.7 Å². The van der Waals surface area contributed by atoms with Gasteiger partial charge in [0, 0.05) is 24.8 Å². The first-order chi connectivity index (χ1) is 17.4. The van der Waals surface area contributed by atoms with E-state index in [0.717, 1.165) is 17.8 Å². The van der Waals surface area contributed by atoms with E-state index >= 15 is 0 Å². The smallest absolute Gasteiger partial charge is 0.261 e. The number of phenolic OH excluding ortho intramolecular Hbond substituents is 1. The molecule has 1 fully saturated rings. The molecule has 1 atom stereocenters. The number of rotatable bonds is 6. The van der Waals surface area contributed by atoms with Gasteiger partial charge < -0.3 is 26.4 Å². The quantitative estimate of drug-likeness (QED) is 0.277. The van der Waals surface area contributed by atoms with Crippen LogP contribution in [-0.4, -0.2) is 22.0 Å². The predicted molar refractivity (Wildman–Crippen MR) is 141 cm³/mol. The molecule has 2 aliphatic rings. The van der Waals surface area contributed by atoms with Crippen LogP contribution in [0.15, 0.2) is 42.6 Å². The number of aryl methyl sites for hydroxylation is 1. The summed E-state index contributed by atoms with van der Waals surface area (Å²) in [5.74, 6) is 0.162. The number of hydrogen-bond acceptors (Lipinski definition) is 6. The van der Waals surface area contributed by atoms with Crippen molar-refractivity contribution in [2.75, 3.05) is 16.0 Å². The van der Waals surface area contributed by atoms with Crippen LogP contribution in [0.2, 0.25) is 0 Å². The average molecular weight is 490 g/mol. The van der Waals surface area contributed by atoms with Gasteiger partial charge in [0.2, 0.25) is 0 Å². The highest BCUT2D eigenvalue weighted by molar-refractivity contribution is 6.15. The molecule has 5 rings (SSSR count). The maximum Gasteiger partial charge on any atom is 0.261 e. The number of hydrogen-bond donors (Lipinski definition) is 5. The lowest BCUT2D eigenvalue weighted by Crippen LogP contribution is -2.34. The molecule has 0 saturated heterocycles. The average Bonchev–Trinajstić information content (AvgIpc) is 3.02. The first-order valence-corrected chi connectivity index (χ1v) is 12.6. The Bertz CT molecular complexity index is 1290. The topological polar surface area (TPSA) is 98.3 Å². The van der Waals surface area contributed by atoms with E-state index in [-0.39, 0.29) is 22.9 Å². The summed E-state index contributed by atoms with van der Waals surface area (Å²) in [5.41, 5.74) is 3.61. The van der Waals surface area contributed by atoms with E-state index in [0.29, 0.717) is 34.7 Å². The maximum atomic E-state index is 14.5. The summed E-state index contributed by atoms with van der Waals surface area (Å²) in [4.78, 5) is 17.6. The minimum absolute atomic E-state index is 0.0343. The van der Waals surface area contributed by atoms with Crippen LogP contribution < -0.4 is 21.3 Å². The number of nitrogens with zero attached hydrogens (tertiary/aromatic N) is 1. The van der Waals surface area contributed by atoms with E-state index in [4.69, 9.17) is 0 Å². The number of benzene rings is 2. The molecule has 2 heterocycles. The molecular weight excluding hydrogens is 457 g/mol. The van der Waals surface area contributed by atoms with E-state index in [1.54, 1.807) is 19.2 Å². The minimum atomic E-state index is -0.527. The molecule has 1 amide bonds. The summed E-state index contributed by atoms with van der Waals surface area (Å²) in [6, 6.07) is 10.5. The fourth-order valence-corrected chi connectivity index (χ4v) is 5.10. The summed E-state index contributed by atoms with van der Waals surface area (Å²) in [6.07, 6.45) is 8.09. The summed E-state index contributed by atoms with van der Waals surface area (Å²) in [6.45, 7) is 4.60. The Morgan fingerprint density at radius 1 is 1.08 bits per heavy atom. The number of halogens is 1. The molecule has 1 unspecified atom stereocenters. The number of carbonyl (C=O) groups excluding carboxylic acids is 1. The van der Waals surface area contributed by atoms with E-state index in [1.807, 2.05) is 18.2 Å². The molecule has 7 nitrogen and oxygen atoms in total. The number of aromatic hydroxyl groups is 1. The third-order valence-electron chi connectivity index (χ3n) is 7.30. The second-order valence-electron chi connectivity index (χ2n) is 9.85. The van der Waals surface area contributed by atoms with Gasteiger partial charge in [-0.3, -0.25) is 4.79 Å². The van der Waals surface area contributed by atoms with E-state index in [1.165, 1.54) is 44.2 Å². The summed E-state index contributed by atoms with van der Waals surface area (Å²) >= 11 is 0. The van der Waals surface area contributed by atoms with Gasteiger partial charge in [-0.15, -0.1) is 0 Å². The molecule has 1 aliphatic heterocycles. The Labute approximate surface area is 210 Å². The van der Waals surface area contributed by atoms with Gasteiger partial charge in [-0.25, -0.2) is 9.37 Å². The van der Waals surface area contributed by atoms with Gasteiger partial charge >= 0.3 is 0 Å². The van der Waals surface area contributed by atoms with E-state index in [2.05, 4.69) is 33.2 Å². The number of nitrogens with one attached hydrogen (secondary N) is 4. The van der Waals surface area contributed by atoms with Crippen molar-refractivity contribution in [3.05, 3.63) is 65.1 Å². The van der Waals surface area contributed by atoms with Gasteiger partial charge in [-0.2, -0.15) is 0 Å². The highest BCUT2D eigenvalue weighted by atomic mass is 19.1. The zero-order valence-corrected chi connectivity index (χ0v) is 20.6. The Hall–Kier alpha value is -3.65. The van der Waals surface area contributed by atoms with Crippen molar-refractivity contribution in [1.82, 2.24) is 10.3 Å². The highest BCUT2D eigenvalue weighted by Gasteiger charge is 2.25. The van der Waals surface area contributed by atoms with Crippen LogP contribution in [0.1, 0.15) is 60.5 Å². The first-order valence-electron chi connectivity index (χ1n) is 12.6. The van der Waals surface area contributed by atoms with Crippen molar-refractivity contribution in [2.24, 2.45) is 5.92 Å². The molecule has 36 heavy (non-hydrogen) atoms.